The fourth-order valence-corrected chi connectivity index (χ4v) is 2.37. The van der Waals surface area contributed by atoms with Crippen LogP contribution in [0.25, 0.3) is 0 Å². The van der Waals surface area contributed by atoms with E-state index in [1.807, 2.05) is 18.7 Å². The summed E-state index contributed by atoms with van der Waals surface area (Å²) in [4.78, 5) is 30.0. The summed E-state index contributed by atoms with van der Waals surface area (Å²) in [6.45, 7) is 7.02. The van der Waals surface area contributed by atoms with Crippen LogP contribution in [0.5, 0.6) is 0 Å². The van der Waals surface area contributed by atoms with E-state index in [2.05, 4.69) is 25.2 Å². The third kappa shape index (κ3) is 6.54. The summed E-state index contributed by atoms with van der Waals surface area (Å²) >= 11 is 0. The van der Waals surface area contributed by atoms with Crippen LogP contribution in [0.2, 0.25) is 0 Å². The number of nitrogens with one attached hydrogen (secondary N) is 1. The number of carbonyl (C=O) groups is 1. The highest BCUT2D eigenvalue weighted by Gasteiger charge is 2.22. The van der Waals surface area contributed by atoms with E-state index in [0.717, 1.165) is 19.0 Å². The number of anilines is 1. The molecule has 0 bridgehead atoms. The summed E-state index contributed by atoms with van der Waals surface area (Å²) in [6, 6.07) is 0.215. The van der Waals surface area contributed by atoms with Crippen LogP contribution >= 0.6 is 24.0 Å². The summed E-state index contributed by atoms with van der Waals surface area (Å²) in [7, 11) is 3.43. The molecule has 2 heterocycles. The summed E-state index contributed by atoms with van der Waals surface area (Å²) < 4.78 is 12.9. The van der Waals surface area contributed by atoms with E-state index in [1.165, 1.54) is 17.3 Å². The Morgan fingerprint density at radius 1 is 1.27 bits per heavy atom. The SMILES string of the molecule is CC(C)NC(=NCC(=O)N(C)C)N1CCN(c2ncc(F)cn2)CC1.I. The normalized spacial score (nSPS) is 14.9. The largest absolute Gasteiger partial charge is 0.354 e. The molecule has 26 heavy (non-hydrogen) atoms. The fourth-order valence-electron chi connectivity index (χ4n) is 2.37. The molecular formula is C16H27FIN7O. The molecule has 2 rings (SSSR count). The van der Waals surface area contributed by atoms with Crippen LogP contribution in [-0.4, -0.2) is 84.5 Å². The molecule has 1 N–H and O–H groups in total. The highest BCUT2D eigenvalue weighted by atomic mass is 127. The monoisotopic (exact) mass is 479 g/mol. The van der Waals surface area contributed by atoms with Crippen molar-refractivity contribution in [3.8, 4) is 0 Å². The maximum atomic E-state index is 12.9. The maximum Gasteiger partial charge on any atom is 0.243 e. The molecule has 0 aliphatic carbocycles. The number of guanidine groups is 1. The molecule has 10 heteroatoms. The number of amides is 1. The van der Waals surface area contributed by atoms with Crippen molar-refractivity contribution >= 4 is 41.8 Å². The number of aromatic nitrogens is 2. The molecule has 1 aliphatic heterocycles. The van der Waals surface area contributed by atoms with Crippen LogP contribution in [0.4, 0.5) is 10.3 Å². The van der Waals surface area contributed by atoms with Crippen LogP contribution < -0.4 is 10.2 Å². The molecule has 0 saturated carbocycles. The van der Waals surface area contributed by atoms with Crippen LogP contribution in [0.3, 0.4) is 0 Å². The van der Waals surface area contributed by atoms with Gasteiger partial charge in [-0.05, 0) is 13.8 Å². The zero-order valence-corrected chi connectivity index (χ0v) is 18.0. The highest BCUT2D eigenvalue weighted by molar-refractivity contribution is 14.0. The number of piperazine rings is 1. The van der Waals surface area contributed by atoms with Gasteiger partial charge in [0.15, 0.2) is 11.8 Å². The van der Waals surface area contributed by atoms with Gasteiger partial charge < -0.3 is 20.0 Å². The number of hydrogen-bond acceptors (Lipinski definition) is 5. The Balaban J connectivity index is 0.00000338. The molecular weight excluding hydrogens is 452 g/mol. The molecule has 146 valence electrons. The lowest BCUT2D eigenvalue weighted by Crippen LogP contribution is -2.54. The highest BCUT2D eigenvalue weighted by Crippen LogP contribution is 2.11. The van der Waals surface area contributed by atoms with Gasteiger partial charge in [-0.15, -0.1) is 24.0 Å². The second-order valence-corrected chi connectivity index (χ2v) is 6.40. The lowest BCUT2D eigenvalue weighted by Gasteiger charge is -2.37. The van der Waals surface area contributed by atoms with Crippen LogP contribution in [-0.2, 0) is 4.79 Å². The Hall–Kier alpha value is -1.72. The quantitative estimate of drug-likeness (QED) is 0.391. The molecule has 8 nitrogen and oxygen atoms in total. The first-order valence-electron chi connectivity index (χ1n) is 8.35. The lowest BCUT2D eigenvalue weighted by molar-refractivity contribution is -0.127. The smallest absolute Gasteiger partial charge is 0.243 e. The van der Waals surface area contributed by atoms with Gasteiger partial charge in [0, 0.05) is 46.3 Å². The minimum Gasteiger partial charge on any atom is -0.354 e. The Bertz CT molecular complexity index is 601. The van der Waals surface area contributed by atoms with Crippen molar-refractivity contribution in [3.05, 3.63) is 18.2 Å². The van der Waals surface area contributed by atoms with Crippen molar-refractivity contribution in [1.29, 1.82) is 0 Å². The molecule has 0 radical (unpaired) electrons. The Labute approximate surface area is 170 Å². The number of nitrogens with zero attached hydrogens (tertiary/aromatic N) is 6. The number of carbonyl (C=O) groups excluding carboxylic acids is 1. The maximum absolute atomic E-state index is 12.9. The molecule has 1 amide bonds. The summed E-state index contributed by atoms with van der Waals surface area (Å²) in [5.74, 6) is 0.772. The predicted octanol–water partition coefficient (Wildman–Crippen LogP) is 0.798. The van der Waals surface area contributed by atoms with Gasteiger partial charge in [0.1, 0.15) is 6.54 Å². The van der Waals surface area contributed by atoms with E-state index >= 15 is 0 Å². The second kappa shape index (κ2) is 10.4. The standard InChI is InChI=1S/C16H26FN7O.HI/c1-12(2)21-16(20-11-14(25)22(3)4)24-7-5-23(6-8-24)15-18-9-13(17)10-19-15;/h9-10,12H,5-8,11H2,1-4H3,(H,20,21);1H. The Kier molecular flexibility index (Phi) is 8.96. The molecule has 1 aromatic rings. The van der Waals surface area contributed by atoms with Gasteiger partial charge in [0.25, 0.3) is 0 Å². The lowest BCUT2D eigenvalue weighted by atomic mass is 10.3. The molecule has 1 fully saturated rings. The van der Waals surface area contributed by atoms with E-state index < -0.39 is 5.82 Å². The second-order valence-electron chi connectivity index (χ2n) is 6.40. The molecule has 0 unspecified atom stereocenters. The van der Waals surface area contributed by atoms with Crippen molar-refractivity contribution in [2.24, 2.45) is 4.99 Å². The number of halogens is 2. The Morgan fingerprint density at radius 2 is 1.85 bits per heavy atom. The third-order valence-corrected chi connectivity index (χ3v) is 3.75. The van der Waals surface area contributed by atoms with Gasteiger partial charge >= 0.3 is 0 Å². The summed E-state index contributed by atoms with van der Waals surface area (Å²) in [6.07, 6.45) is 2.35. The molecule has 0 atom stereocenters. The number of hydrogen-bond donors (Lipinski definition) is 1. The minimum absolute atomic E-state index is 0. The fraction of sp³-hybridized carbons (Fsp3) is 0.625. The van der Waals surface area contributed by atoms with Crippen LogP contribution in [0.15, 0.2) is 17.4 Å². The minimum atomic E-state index is -0.441. The zero-order valence-electron chi connectivity index (χ0n) is 15.6. The topological polar surface area (TPSA) is 77.0 Å². The number of rotatable bonds is 4. The van der Waals surface area contributed by atoms with Gasteiger partial charge in [-0.25, -0.2) is 19.4 Å². The van der Waals surface area contributed by atoms with E-state index in [9.17, 15) is 9.18 Å². The van der Waals surface area contributed by atoms with Gasteiger partial charge in [-0.3, -0.25) is 4.79 Å². The third-order valence-electron chi connectivity index (χ3n) is 3.75. The molecule has 1 aliphatic rings. The first-order chi connectivity index (χ1) is 11.9. The van der Waals surface area contributed by atoms with Crippen molar-refractivity contribution in [2.75, 3.05) is 51.7 Å². The van der Waals surface area contributed by atoms with Gasteiger partial charge in [0.2, 0.25) is 11.9 Å². The van der Waals surface area contributed by atoms with E-state index in [1.54, 1.807) is 14.1 Å². The molecule has 1 aromatic heterocycles. The van der Waals surface area contributed by atoms with Crippen LogP contribution in [0.1, 0.15) is 13.8 Å². The molecule has 0 aromatic carbocycles. The predicted molar refractivity (Wildman–Crippen MR) is 110 cm³/mol. The van der Waals surface area contributed by atoms with Crippen molar-refractivity contribution in [3.63, 3.8) is 0 Å². The van der Waals surface area contributed by atoms with Gasteiger partial charge in [0.05, 0.1) is 12.4 Å². The average Bonchev–Trinajstić information content (AvgIpc) is 2.58. The first kappa shape index (κ1) is 22.3. The van der Waals surface area contributed by atoms with Crippen molar-refractivity contribution in [2.45, 2.75) is 19.9 Å². The zero-order chi connectivity index (χ0) is 18.4. The van der Waals surface area contributed by atoms with Crippen LogP contribution in [0, 0.1) is 5.82 Å². The van der Waals surface area contributed by atoms with Gasteiger partial charge in [-0.2, -0.15) is 0 Å². The molecule has 0 spiro atoms. The summed E-state index contributed by atoms with van der Waals surface area (Å²) in [5.41, 5.74) is 0. The number of aliphatic imine (C=N–C) groups is 1. The molecule has 1 saturated heterocycles. The van der Waals surface area contributed by atoms with Crippen molar-refractivity contribution < 1.29 is 9.18 Å². The average molecular weight is 479 g/mol. The van der Waals surface area contributed by atoms with E-state index in [0.29, 0.717) is 19.0 Å². The van der Waals surface area contributed by atoms with E-state index in [4.69, 9.17) is 0 Å². The van der Waals surface area contributed by atoms with Gasteiger partial charge in [-0.1, -0.05) is 0 Å². The van der Waals surface area contributed by atoms with E-state index in [-0.39, 0.29) is 42.5 Å². The number of likely N-dealkylation sites (N-methyl/N-ethyl adjacent to an activating group) is 1. The van der Waals surface area contributed by atoms with Crippen molar-refractivity contribution in [1.82, 2.24) is 25.1 Å². The Morgan fingerprint density at radius 3 is 2.35 bits per heavy atom. The summed E-state index contributed by atoms with van der Waals surface area (Å²) in [5, 5.41) is 3.31. The first-order valence-corrected chi connectivity index (χ1v) is 8.35.